The first-order valence-electron chi connectivity index (χ1n) is 10.2. The van der Waals surface area contributed by atoms with Gasteiger partial charge in [0.25, 0.3) is 0 Å². The Morgan fingerprint density at radius 1 is 1.06 bits per heavy atom. The zero-order valence-electron chi connectivity index (χ0n) is 19.3. The maximum atomic E-state index is 12.3. The molecule has 1 amide bonds. The fourth-order valence-electron chi connectivity index (χ4n) is 2.45. The Bertz CT molecular complexity index is 806. The van der Waals surface area contributed by atoms with E-state index in [-0.39, 0.29) is 29.7 Å². The highest BCUT2D eigenvalue weighted by Crippen LogP contribution is 2.11. The van der Waals surface area contributed by atoms with Gasteiger partial charge in [-0.1, -0.05) is 18.2 Å². The van der Waals surface area contributed by atoms with Crippen LogP contribution in [0.5, 0.6) is 0 Å². The van der Waals surface area contributed by atoms with Crippen LogP contribution in [0.2, 0.25) is 0 Å². The van der Waals surface area contributed by atoms with Gasteiger partial charge in [0.2, 0.25) is 0 Å². The molecule has 0 aromatic heterocycles. The van der Waals surface area contributed by atoms with Crippen LogP contribution >= 0.6 is 24.0 Å². The molecular weight excluding hydrogens is 531 g/mol. The number of aliphatic imine (C=N–C) groups is 1. The second-order valence-electron chi connectivity index (χ2n) is 8.62. The lowest BCUT2D eigenvalue weighted by atomic mass is 10.1. The number of sulfone groups is 1. The molecule has 10 heteroatoms. The minimum Gasteiger partial charge on any atom is -0.444 e. The molecule has 31 heavy (non-hydrogen) atoms. The lowest BCUT2D eigenvalue weighted by Gasteiger charge is -2.27. The van der Waals surface area contributed by atoms with Crippen LogP contribution < -0.4 is 16.0 Å². The molecule has 8 nitrogen and oxygen atoms in total. The molecule has 0 spiro atoms. The van der Waals surface area contributed by atoms with Crippen molar-refractivity contribution >= 4 is 45.9 Å². The molecule has 1 rings (SSSR count). The minimum atomic E-state index is -3.30. The van der Waals surface area contributed by atoms with Gasteiger partial charge >= 0.3 is 6.09 Å². The maximum absolute atomic E-state index is 12.3. The van der Waals surface area contributed by atoms with Crippen LogP contribution in [0.1, 0.15) is 48.0 Å². The topological polar surface area (TPSA) is 109 Å². The number of amides is 1. The van der Waals surface area contributed by atoms with Crippen LogP contribution in [0, 0.1) is 0 Å². The number of guanidine groups is 1. The van der Waals surface area contributed by atoms with Gasteiger partial charge in [0.15, 0.2) is 15.8 Å². The smallest absolute Gasteiger partial charge is 0.408 e. The number of rotatable bonds is 9. The normalized spacial score (nSPS) is 12.5. The molecule has 0 saturated heterocycles. The van der Waals surface area contributed by atoms with Gasteiger partial charge in [-0.25, -0.2) is 13.2 Å². The molecule has 3 N–H and O–H groups in total. The monoisotopic (exact) mass is 568 g/mol. The molecule has 0 aliphatic carbocycles. The second kappa shape index (κ2) is 13.1. The van der Waals surface area contributed by atoms with Crippen LogP contribution in [0.3, 0.4) is 0 Å². The van der Waals surface area contributed by atoms with Gasteiger partial charge in [-0.15, -0.1) is 24.0 Å². The molecule has 178 valence electrons. The fourth-order valence-corrected chi connectivity index (χ4v) is 3.78. The average Bonchev–Trinajstić information content (AvgIpc) is 2.61. The molecule has 0 bridgehead atoms. The summed E-state index contributed by atoms with van der Waals surface area (Å²) in [5.41, 5.74) is -1.18. The largest absolute Gasteiger partial charge is 0.444 e. The molecular formula is C21H37IN4O4S. The van der Waals surface area contributed by atoms with Crippen molar-refractivity contribution in [2.45, 2.75) is 64.0 Å². The van der Waals surface area contributed by atoms with Crippen molar-refractivity contribution in [2.24, 2.45) is 4.99 Å². The van der Waals surface area contributed by atoms with Crippen molar-refractivity contribution in [1.29, 1.82) is 0 Å². The van der Waals surface area contributed by atoms with E-state index >= 15 is 0 Å². The molecule has 0 saturated carbocycles. The molecule has 0 atom stereocenters. The summed E-state index contributed by atoms with van der Waals surface area (Å²) >= 11 is 0. The van der Waals surface area contributed by atoms with Crippen LogP contribution in [-0.2, 0) is 14.6 Å². The number of alkyl carbamates (subject to hydrolysis) is 1. The molecule has 1 aromatic carbocycles. The van der Waals surface area contributed by atoms with Crippen molar-refractivity contribution in [3.63, 3.8) is 0 Å². The highest BCUT2D eigenvalue weighted by Gasteiger charge is 2.24. The van der Waals surface area contributed by atoms with Gasteiger partial charge < -0.3 is 20.7 Å². The SMILES string of the molecule is CCNC(=NCC(C)(C)NC(=O)OC(C)(C)C)NCCCS(=O)(=O)c1ccccc1.I. The third-order valence-electron chi connectivity index (χ3n) is 3.80. The van der Waals surface area contributed by atoms with Crippen LogP contribution in [0.25, 0.3) is 0 Å². The lowest BCUT2D eigenvalue weighted by Crippen LogP contribution is -2.49. The predicted octanol–water partition coefficient (Wildman–Crippen LogP) is 3.33. The van der Waals surface area contributed by atoms with Crippen LogP contribution in [0.4, 0.5) is 4.79 Å². The summed E-state index contributed by atoms with van der Waals surface area (Å²) in [6.45, 7) is 12.5. The number of benzene rings is 1. The Kier molecular flexibility index (Phi) is 12.4. The summed E-state index contributed by atoms with van der Waals surface area (Å²) < 4.78 is 30.0. The van der Waals surface area contributed by atoms with Gasteiger partial charge in [-0.2, -0.15) is 0 Å². The quantitative estimate of drug-likeness (QED) is 0.183. The van der Waals surface area contributed by atoms with E-state index in [1.54, 1.807) is 30.3 Å². The second-order valence-corrected chi connectivity index (χ2v) is 10.7. The molecule has 0 radical (unpaired) electrons. The van der Waals surface area contributed by atoms with E-state index in [0.29, 0.717) is 36.9 Å². The third-order valence-corrected chi connectivity index (χ3v) is 5.62. The molecule has 0 aliphatic rings. The van der Waals surface area contributed by atoms with Crippen molar-refractivity contribution < 1.29 is 17.9 Å². The first-order chi connectivity index (χ1) is 13.8. The van der Waals surface area contributed by atoms with Crippen LogP contribution in [0.15, 0.2) is 40.2 Å². The lowest BCUT2D eigenvalue weighted by molar-refractivity contribution is 0.0476. The number of nitrogens with one attached hydrogen (secondary N) is 3. The summed E-state index contributed by atoms with van der Waals surface area (Å²) in [4.78, 5) is 16.8. The molecule has 0 unspecified atom stereocenters. The van der Waals surface area contributed by atoms with Gasteiger partial charge in [0.05, 0.1) is 22.7 Å². The third kappa shape index (κ3) is 12.8. The Hall–Kier alpha value is -1.56. The van der Waals surface area contributed by atoms with Gasteiger partial charge in [-0.05, 0) is 60.1 Å². The Balaban J connectivity index is 0.00000900. The van der Waals surface area contributed by atoms with E-state index in [2.05, 4.69) is 20.9 Å². The molecule has 0 heterocycles. The Morgan fingerprint density at radius 3 is 2.23 bits per heavy atom. The summed E-state index contributed by atoms with van der Waals surface area (Å²) in [7, 11) is -3.30. The van der Waals surface area contributed by atoms with Gasteiger partial charge in [-0.3, -0.25) is 4.99 Å². The van der Waals surface area contributed by atoms with E-state index in [0.717, 1.165) is 0 Å². The highest BCUT2D eigenvalue weighted by atomic mass is 127. The van der Waals surface area contributed by atoms with E-state index in [9.17, 15) is 13.2 Å². The van der Waals surface area contributed by atoms with E-state index < -0.39 is 27.1 Å². The number of nitrogens with zero attached hydrogens (tertiary/aromatic N) is 1. The Morgan fingerprint density at radius 2 is 1.68 bits per heavy atom. The Labute approximate surface area is 203 Å². The molecule has 1 aromatic rings. The summed E-state index contributed by atoms with van der Waals surface area (Å²) in [5.74, 6) is 0.614. The zero-order valence-corrected chi connectivity index (χ0v) is 22.5. The first-order valence-corrected chi connectivity index (χ1v) is 11.8. The van der Waals surface area contributed by atoms with Crippen molar-refractivity contribution in [1.82, 2.24) is 16.0 Å². The van der Waals surface area contributed by atoms with E-state index in [4.69, 9.17) is 4.74 Å². The zero-order chi connectivity index (χ0) is 22.8. The minimum absolute atomic E-state index is 0. The van der Waals surface area contributed by atoms with E-state index in [1.165, 1.54) is 0 Å². The highest BCUT2D eigenvalue weighted by molar-refractivity contribution is 14.0. The number of carbonyl (C=O) groups is 1. The van der Waals surface area contributed by atoms with Gasteiger partial charge in [0, 0.05) is 13.1 Å². The summed E-state index contributed by atoms with van der Waals surface area (Å²) in [6.07, 6.45) is -0.0481. The maximum Gasteiger partial charge on any atom is 0.408 e. The number of halogens is 1. The number of hydrogen-bond donors (Lipinski definition) is 3. The van der Waals surface area contributed by atoms with Crippen LogP contribution in [-0.4, -0.2) is 57.0 Å². The first kappa shape index (κ1) is 29.4. The van der Waals surface area contributed by atoms with Crippen molar-refractivity contribution in [3.8, 4) is 0 Å². The average molecular weight is 569 g/mol. The standard InChI is InChI=1S/C21H36N4O4S.HI/c1-7-22-18(24-16-21(5,6)25-19(26)29-20(2,3)4)23-14-11-15-30(27,28)17-12-9-8-10-13-17;/h8-10,12-13H,7,11,14-16H2,1-6H3,(H,25,26)(H2,22,23,24);1H. The van der Waals surface area contributed by atoms with Crippen molar-refractivity contribution in [3.05, 3.63) is 30.3 Å². The molecule has 0 aliphatic heterocycles. The molecule has 0 fully saturated rings. The number of hydrogen-bond acceptors (Lipinski definition) is 5. The van der Waals surface area contributed by atoms with Gasteiger partial charge in [0.1, 0.15) is 5.60 Å². The number of carbonyl (C=O) groups excluding carboxylic acids is 1. The van der Waals surface area contributed by atoms with Crippen molar-refractivity contribution in [2.75, 3.05) is 25.4 Å². The summed E-state index contributed by atoms with van der Waals surface area (Å²) in [5, 5.41) is 9.07. The fraction of sp³-hybridized carbons (Fsp3) is 0.619. The predicted molar refractivity (Wildman–Crippen MR) is 136 cm³/mol. The summed E-state index contributed by atoms with van der Waals surface area (Å²) in [6, 6.07) is 8.43. The van der Waals surface area contributed by atoms with E-state index in [1.807, 2.05) is 41.5 Å². The number of ether oxygens (including phenoxy) is 1.